The number of aryl methyl sites for hydroxylation is 1. The molecule has 1 aromatic carbocycles. The molecule has 0 unspecified atom stereocenters. The number of halogens is 1. The average Bonchev–Trinajstić information content (AvgIpc) is 2.33. The van der Waals surface area contributed by atoms with Crippen molar-refractivity contribution in [3.63, 3.8) is 0 Å². The van der Waals surface area contributed by atoms with Crippen LogP contribution in [0.15, 0.2) is 28.7 Å². The lowest BCUT2D eigenvalue weighted by Crippen LogP contribution is -2.17. The summed E-state index contributed by atoms with van der Waals surface area (Å²) in [5.41, 5.74) is 7.85. The van der Waals surface area contributed by atoms with Crippen molar-refractivity contribution in [2.75, 3.05) is 11.1 Å². The molecule has 5 heteroatoms. The molecule has 2 rings (SSSR count). The second-order valence-electron chi connectivity index (χ2n) is 5.81. The highest BCUT2D eigenvalue weighted by Crippen LogP contribution is 2.29. The van der Waals surface area contributed by atoms with E-state index in [1.165, 1.54) is 0 Å². The van der Waals surface area contributed by atoms with Gasteiger partial charge in [0.1, 0.15) is 17.5 Å². The number of nitrogen functional groups attached to an aromatic ring is 1. The maximum Gasteiger partial charge on any atom is 0.138 e. The molecule has 0 saturated carbocycles. The van der Waals surface area contributed by atoms with E-state index in [1.54, 1.807) is 6.07 Å². The summed E-state index contributed by atoms with van der Waals surface area (Å²) in [7, 11) is 0. The van der Waals surface area contributed by atoms with Gasteiger partial charge in [-0.2, -0.15) is 0 Å². The van der Waals surface area contributed by atoms with Gasteiger partial charge in [-0.15, -0.1) is 0 Å². The van der Waals surface area contributed by atoms with Crippen molar-refractivity contribution in [1.82, 2.24) is 9.97 Å². The molecule has 3 N–H and O–H groups in total. The SMILES string of the molecule is Cc1cccc(Nc2cc(N)nc(C(C)(C)C)n2)c1Br. The normalized spacial score (nSPS) is 11.4. The molecule has 0 saturated heterocycles. The topological polar surface area (TPSA) is 63.8 Å². The Balaban J connectivity index is 2.39. The molecule has 0 aliphatic carbocycles. The number of benzene rings is 1. The number of nitrogens with zero attached hydrogens (tertiary/aromatic N) is 2. The Morgan fingerprint density at radius 3 is 2.55 bits per heavy atom. The Labute approximate surface area is 128 Å². The van der Waals surface area contributed by atoms with Crippen LogP contribution in [0.2, 0.25) is 0 Å². The number of hydrogen-bond donors (Lipinski definition) is 2. The van der Waals surface area contributed by atoms with E-state index in [-0.39, 0.29) is 5.41 Å². The monoisotopic (exact) mass is 334 g/mol. The predicted molar refractivity (Wildman–Crippen MR) is 87.3 cm³/mol. The first-order valence-corrected chi connectivity index (χ1v) is 7.24. The molecule has 2 aromatic rings. The van der Waals surface area contributed by atoms with E-state index in [0.717, 1.165) is 21.5 Å². The summed E-state index contributed by atoms with van der Waals surface area (Å²) in [6.45, 7) is 8.24. The second kappa shape index (κ2) is 5.40. The van der Waals surface area contributed by atoms with Crippen molar-refractivity contribution < 1.29 is 0 Å². The van der Waals surface area contributed by atoms with Crippen LogP contribution < -0.4 is 11.1 Å². The van der Waals surface area contributed by atoms with Crippen LogP contribution in [0.4, 0.5) is 17.3 Å². The maximum atomic E-state index is 5.87. The minimum atomic E-state index is -0.143. The zero-order valence-electron chi connectivity index (χ0n) is 12.2. The van der Waals surface area contributed by atoms with Crippen LogP contribution in [0, 0.1) is 6.92 Å². The van der Waals surface area contributed by atoms with E-state index < -0.39 is 0 Å². The van der Waals surface area contributed by atoms with Gasteiger partial charge in [-0.25, -0.2) is 9.97 Å². The smallest absolute Gasteiger partial charge is 0.138 e. The molecule has 0 aliphatic heterocycles. The third-order valence-corrected chi connectivity index (χ3v) is 3.92. The minimum Gasteiger partial charge on any atom is -0.384 e. The fourth-order valence-electron chi connectivity index (χ4n) is 1.75. The van der Waals surface area contributed by atoms with Crippen molar-refractivity contribution in [3.8, 4) is 0 Å². The van der Waals surface area contributed by atoms with Gasteiger partial charge in [0.25, 0.3) is 0 Å². The van der Waals surface area contributed by atoms with Gasteiger partial charge in [-0.1, -0.05) is 32.9 Å². The first kappa shape index (κ1) is 14.8. The third kappa shape index (κ3) is 3.28. The maximum absolute atomic E-state index is 5.87. The van der Waals surface area contributed by atoms with E-state index in [4.69, 9.17) is 5.73 Å². The van der Waals surface area contributed by atoms with E-state index in [2.05, 4.69) is 52.0 Å². The molecule has 0 fully saturated rings. The molecular formula is C15H19BrN4. The van der Waals surface area contributed by atoms with Crippen LogP contribution in [0.25, 0.3) is 0 Å². The van der Waals surface area contributed by atoms with Gasteiger partial charge in [0.15, 0.2) is 0 Å². The number of nitrogens with two attached hydrogens (primary N) is 1. The molecule has 0 amide bonds. The summed E-state index contributed by atoms with van der Waals surface area (Å²) in [6.07, 6.45) is 0. The van der Waals surface area contributed by atoms with Gasteiger partial charge in [-0.3, -0.25) is 0 Å². The molecule has 1 heterocycles. The number of rotatable bonds is 2. The molecule has 0 radical (unpaired) electrons. The van der Waals surface area contributed by atoms with Crippen molar-refractivity contribution in [3.05, 3.63) is 40.1 Å². The van der Waals surface area contributed by atoms with Gasteiger partial charge in [-0.05, 0) is 34.5 Å². The van der Waals surface area contributed by atoms with Gasteiger partial charge >= 0.3 is 0 Å². The first-order chi connectivity index (χ1) is 9.27. The van der Waals surface area contributed by atoms with Gasteiger partial charge in [0.2, 0.25) is 0 Å². The standard InChI is InChI=1S/C15H19BrN4/c1-9-6-5-7-10(13(9)16)18-12-8-11(17)19-14(20-12)15(2,3)4/h5-8H,1-4H3,(H3,17,18,19,20). The summed E-state index contributed by atoms with van der Waals surface area (Å²) in [4.78, 5) is 8.85. The Hall–Kier alpha value is -1.62. The van der Waals surface area contributed by atoms with E-state index in [9.17, 15) is 0 Å². The molecule has 0 aliphatic rings. The largest absolute Gasteiger partial charge is 0.384 e. The summed E-state index contributed by atoms with van der Waals surface area (Å²) < 4.78 is 1.02. The molecule has 20 heavy (non-hydrogen) atoms. The number of hydrogen-bond acceptors (Lipinski definition) is 4. The van der Waals surface area contributed by atoms with E-state index in [0.29, 0.717) is 11.6 Å². The lowest BCUT2D eigenvalue weighted by molar-refractivity contribution is 0.547. The predicted octanol–water partition coefficient (Wildman–Crippen LogP) is 4.17. The van der Waals surface area contributed by atoms with Gasteiger partial charge in [0, 0.05) is 16.0 Å². The Bertz CT molecular complexity index is 632. The van der Waals surface area contributed by atoms with E-state index >= 15 is 0 Å². The summed E-state index contributed by atoms with van der Waals surface area (Å²) in [5, 5.41) is 3.29. The van der Waals surface area contributed by atoms with E-state index in [1.807, 2.05) is 25.1 Å². The highest BCUT2D eigenvalue weighted by molar-refractivity contribution is 9.10. The Kier molecular flexibility index (Phi) is 3.99. The van der Waals surface area contributed by atoms with Crippen LogP contribution in [0.3, 0.4) is 0 Å². The van der Waals surface area contributed by atoms with Gasteiger partial charge < -0.3 is 11.1 Å². The Morgan fingerprint density at radius 1 is 1.20 bits per heavy atom. The van der Waals surface area contributed by atoms with Crippen molar-refractivity contribution >= 4 is 33.3 Å². The van der Waals surface area contributed by atoms with Crippen LogP contribution in [0.5, 0.6) is 0 Å². The lowest BCUT2D eigenvalue weighted by Gasteiger charge is -2.18. The molecule has 0 atom stereocenters. The summed E-state index contributed by atoms with van der Waals surface area (Å²) in [6, 6.07) is 7.78. The molecule has 0 spiro atoms. The summed E-state index contributed by atoms with van der Waals surface area (Å²) in [5.74, 6) is 1.90. The quantitative estimate of drug-likeness (QED) is 0.864. The van der Waals surface area contributed by atoms with Crippen LogP contribution >= 0.6 is 15.9 Å². The fraction of sp³-hybridized carbons (Fsp3) is 0.333. The van der Waals surface area contributed by atoms with Crippen molar-refractivity contribution in [1.29, 1.82) is 0 Å². The molecule has 106 valence electrons. The fourth-order valence-corrected chi connectivity index (χ4v) is 2.11. The lowest BCUT2D eigenvalue weighted by atomic mass is 9.96. The molecular weight excluding hydrogens is 316 g/mol. The van der Waals surface area contributed by atoms with Gasteiger partial charge in [0.05, 0.1) is 5.69 Å². The van der Waals surface area contributed by atoms with Crippen molar-refractivity contribution in [2.45, 2.75) is 33.1 Å². The third-order valence-electron chi connectivity index (χ3n) is 2.87. The average molecular weight is 335 g/mol. The molecule has 4 nitrogen and oxygen atoms in total. The molecule has 0 bridgehead atoms. The second-order valence-corrected chi connectivity index (χ2v) is 6.61. The zero-order valence-corrected chi connectivity index (χ0v) is 13.7. The number of anilines is 3. The highest BCUT2D eigenvalue weighted by atomic mass is 79.9. The highest BCUT2D eigenvalue weighted by Gasteiger charge is 2.18. The Morgan fingerprint density at radius 2 is 1.90 bits per heavy atom. The summed E-state index contributed by atoms with van der Waals surface area (Å²) >= 11 is 3.58. The van der Waals surface area contributed by atoms with Crippen LogP contribution in [-0.4, -0.2) is 9.97 Å². The first-order valence-electron chi connectivity index (χ1n) is 6.44. The zero-order chi connectivity index (χ0) is 14.9. The number of nitrogens with one attached hydrogen (secondary N) is 1. The number of aromatic nitrogens is 2. The van der Waals surface area contributed by atoms with Crippen molar-refractivity contribution in [2.24, 2.45) is 0 Å². The van der Waals surface area contributed by atoms with Crippen LogP contribution in [0.1, 0.15) is 32.2 Å². The van der Waals surface area contributed by atoms with Crippen LogP contribution in [-0.2, 0) is 5.41 Å². The molecule has 1 aromatic heterocycles. The minimum absolute atomic E-state index is 0.143.